The second-order valence-corrected chi connectivity index (χ2v) is 6.19. The van der Waals surface area contributed by atoms with Gasteiger partial charge in [0.2, 0.25) is 0 Å². The van der Waals surface area contributed by atoms with Gasteiger partial charge in [-0.1, -0.05) is 18.2 Å². The summed E-state index contributed by atoms with van der Waals surface area (Å²) in [5.41, 5.74) is 2.56. The van der Waals surface area contributed by atoms with Crippen molar-refractivity contribution < 1.29 is 19.0 Å². The summed E-state index contributed by atoms with van der Waals surface area (Å²) in [6.07, 6.45) is 0. The maximum Gasteiger partial charge on any atom is 0.191 e. The summed E-state index contributed by atoms with van der Waals surface area (Å²) in [5, 5.41) is 15.4. The lowest BCUT2D eigenvalue weighted by molar-refractivity contribution is 0.196. The average Bonchev–Trinajstić information content (AvgIpc) is 2.71. The van der Waals surface area contributed by atoms with E-state index in [-0.39, 0.29) is 19.0 Å². The molecule has 0 fully saturated rings. The van der Waals surface area contributed by atoms with Gasteiger partial charge in [-0.25, -0.2) is 9.38 Å². The Balaban J connectivity index is 2.02. The monoisotopic (exact) mass is 389 g/mol. The second kappa shape index (κ2) is 11.1. The number of rotatable bonds is 9. The molecule has 0 aromatic heterocycles. The molecule has 0 aliphatic carbocycles. The molecule has 3 N–H and O–H groups in total. The first-order valence-electron chi connectivity index (χ1n) is 9.25. The predicted octanol–water partition coefficient (Wildman–Crippen LogP) is 2.77. The first-order valence-corrected chi connectivity index (χ1v) is 9.25. The van der Waals surface area contributed by atoms with Gasteiger partial charge in [0.05, 0.1) is 20.3 Å². The summed E-state index contributed by atoms with van der Waals surface area (Å²) >= 11 is 0. The molecule has 0 spiro atoms. The van der Waals surface area contributed by atoms with E-state index in [0.717, 1.165) is 17.7 Å². The van der Waals surface area contributed by atoms with Gasteiger partial charge in [-0.05, 0) is 48.7 Å². The third kappa shape index (κ3) is 6.42. The topological polar surface area (TPSA) is 75.1 Å². The Morgan fingerprint density at radius 1 is 1.11 bits per heavy atom. The van der Waals surface area contributed by atoms with Gasteiger partial charge in [-0.15, -0.1) is 0 Å². The van der Waals surface area contributed by atoms with E-state index in [9.17, 15) is 4.39 Å². The molecule has 0 amide bonds. The third-order valence-electron chi connectivity index (χ3n) is 4.02. The predicted molar refractivity (Wildman–Crippen MR) is 108 cm³/mol. The highest BCUT2D eigenvalue weighted by Gasteiger charge is 2.07. The molecule has 0 aliphatic rings. The van der Waals surface area contributed by atoms with Crippen molar-refractivity contribution in [1.29, 1.82) is 0 Å². The fourth-order valence-electron chi connectivity index (χ4n) is 2.60. The number of aliphatic hydroxyl groups is 1. The molecule has 0 unspecified atom stereocenters. The minimum absolute atomic E-state index is 0.0530. The molecule has 6 nitrogen and oxygen atoms in total. The van der Waals surface area contributed by atoms with Crippen LogP contribution in [0.1, 0.15) is 23.6 Å². The van der Waals surface area contributed by atoms with Crippen LogP contribution in [0.15, 0.2) is 41.4 Å². The number of aliphatic hydroxyl groups excluding tert-OH is 1. The van der Waals surface area contributed by atoms with Crippen LogP contribution in [0, 0.1) is 12.7 Å². The highest BCUT2D eigenvalue weighted by molar-refractivity contribution is 5.79. The zero-order valence-electron chi connectivity index (χ0n) is 16.6. The number of aliphatic imine (C=N–C) groups is 1. The molecular weight excluding hydrogens is 361 g/mol. The molecule has 0 radical (unpaired) electrons. The number of methoxy groups -OCH3 is 1. The standard InChI is InChI=1S/C21H28FN3O3/c1-4-23-21(24-13-16-5-7-18(22)15(2)11-16)25-14-17-6-8-19(28-10-9-26)20(12-17)27-3/h5-8,11-12,26H,4,9-10,13-14H2,1-3H3,(H2,23,24,25). The van der Waals surface area contributed by atoms with E-state index in [4.69, 9.17) is 14.6 Å². The lowest BCUT2D eigenvalue weighted by Gasteiger charge is -2.14. The number of guanidine groups is 1. The van der Waals surface area contributed by atoms with E-state index in [1.807, 2.05) is 25.1 Å². The van der Waals surface area contributed by atoms with Crippen LogP contribution in [0.3, 0.4) is 0 Å². The largest absolute Gasteiger partial charge is 0.493 e. The molecule has 2 aromatic carbocycles. The number of hydrogen-bond acceptors (Lipinski definition) is 4. The molecular formula is C21H28FN3O3. The zero-order chi connectivity index (χ0) is 20.4. The summed E-state index contributed by atoms with van der Waals surface area (Å²) in [4.78, 5) is 4.56. The Bertz CT molecular complexity index is 796. The van der Waals surface area contributed by atoms with Gasteiger partial charge in [-0.3, -0.25) is 0 Å². The van der Waals surface area contributed by atoms with Crippen LogP contribution in [0.5, 0.6) is 11.5 Å². The molecule has 0 saturated carbocycles. The number of halogens is 1. The van der Waals surface area contributed by atoms with Crippen LogP contribution in [0.25, 0.3) is 0 Å². The maximum atomic E-state index is 13.4. The van der Waals surface area contributed by atoms with Gasteiger partial charge in [0.1, 0.15) is 12.4 Å². The van der Waals surface area contributed by atoms with E-state index in [0.29, 0.717) is 36.1 Å². The summed E-state index contributed by atoms with van der Waals surface area (Å²) < 4.78 is 24.2. The summed E-state index contributed by atoms with van der Waals surface area (Å²) in [6.45, 7) is 5.63. The van der Waals surface area contributed by atoms with Crippen molar-refractivity contribution in [3.05, 3.63) is 58.9 Å². The van der Waals surface area contributed by atoms with Crippen LogP contribution in [-0.4, -0.2) is 37.9 Å². The molecule has 2 aromatic rings. The third-order valence-corrected chi connectivity index (χ3v) is 4.02. The smallest absolute Gasteiger partial charge is 0.191 e. The van der Waals surface area contributed by atoms with Gasteiger partial charge in [-0.2, -0.15) is 0 Å². The molecule has 0 saturated heterocycles. The van der Waals surface area contributed by atoms with Crippen LogP contribution in [0.2, 0.25) is 0 Å². The number of ether oxygens (including phenoxy) is 2. The molecule has 2 rings (SSSR count). The number of aryl methyl sites for hydroxylation is 1. The Kier molecular flexibility index (Phi) is 8.55. The van der Waals surface area contributed by atoms with Crippen molar-refractivity contribution in [2.45, 2.75) is 26.9 Å². The molecule has 0 heterocycles. The van der Waals surface area contributed by atoms with Gasteiger partial charge in [0, 0.05) is 13.1 Å². The van der Waals surface area contributed by atoms with Gasteiger partial charge >= 0.3 is 0 Å². The van der Waals surface area contributed by atoms with Gasteiger partial charge < -0.3 is 25.2 Å². The summed E-state index contributed by atoms with van der Waals surface area (Å²) in [7, 11) is 1.58. The zero-order valence-corrected chi connectivity index (χ0v) is 16.6. The van der Waals surface area contributed by atoms with Gasteiger partial charge in [0.25, 0.3) is 0 Å². The van der Waals surface area contributed by atoms with Crippen molar-refractivity contribution in [1.82, 2.24) is 10.6 Å². The molecule has 28 heavy (non-hydrogen) atoms. The minimum atomic E-state index is -0.210. The molecule has 0 aliphatic heterocycles. The van der Waals surface area contributed by atoms with Crippen molar-refractivity contribution in [3.63, 3.8) is 0 Å². The average molecular weight is 389 g/mol. The quantitative estimate of drug-likeness (QED) is 0.454. The van der Waals surface area contributed by atoms with Crippen molar-refractivity contribution in [2.24, 2.45) is 4.99 Å². The number of benzene rings is 2. The number of nitrogens with one attached hydrogen (secondary N) is 2. The summed E-state index contributed by atoms with van der Waals surface area (Å²) in [6, 6.07) is 10.6. The number of nitrogens with zero attached hydrogens (tertiary/aromatic N) is 1. The fraction of sp³-hybridized carbons (Fsp3) is 0.381. The van der Waals surface area contributed by atoms with Crippen LogP contribution in [-0.2, 0) is 13.1 Å². The highest BCUT2D eigenvalue weighted by Crippen LogP contribution is 2.27. The Morgan fingerprint density at radius 3 is 2.57 bits per heavy atom. The Morgan fingerprint density at radius 2 is 1.89 bits per heavy atom. The van der Waals surface area contributed by atoms with Crippen LogP contribution in [0.4, 0.5) is 4.39 Å². The van der Waals surface area contributed by atoms with E-state index in [2.05, 4.69) is 15.6 Å². The normalized spacial score (nSPS) is 11.2. The van der Waals surface area contributed by atoms with E-state index in [1.165, 1.54) is 6.07 Å². The van der Waals surface area contributed by atoms with Crippen molar-refractivity contribution in [3.8, 4) is 11.5 Å². The van der Waals surface area contributed by atoms with Crippen LogP contribution >= 0.6 is 0 Å². The Labute approximate surface area is 165 Å². The maximum absolute atomic E-state index is 13.4. The molecule has 152 valence electrons. The van der Waals surface area contributed by atoms with E-state index >= 15 is 0 Å². The number of hydrogen-bond donors (Lipinski definition) is 3. The Hall–Kier alpha value is -2.80. The van der Waals surface area contributed by atoms with E-state index in [1.54, 1.807) is 26.2 Å². The fourth-order valence-corrected chi connectivity index (χ4v) is 2.60. The first kappa shape index (κ1) is 21.5. The van der Waals surface area contributed by atoms with Crippen molar-refractivity contribution in [2.75, 3.05) is 26.9 Å². The second-order valence-electron chi connectivity index (χ2n) is 6.19. The van der Waals surface area contributed by atoms with Crippen LogP contribution < -0.4 is 20.1 Å². The lowest BCUT2D eigenvalue weighted by Crippen LogP contribution is -2.36. The summed E-state index contributed by atoms with van der Waals surface area (Å²) in [5.74, 6) is 1.66. The SMILES string of the molecule is CCNC(=NCc1ccc(F)c(C)c1)NCc1ccc(OCCO)c(OC)c1. The molecule has 7 heteroatoms. The first-order chi connectivity index (χ1) is 13.6. The van der Waals surface area contributed by atoms with Gasteiger partial charge in [0.15, 0.2) is 17.5 Å². The van der Waals surface area contributed by atoms with E-state index < -0.39 is 0 Å². The molecule has 0 bridgehead atoms. The molecule has 0 atom stereocenters. The minimum Gasteiger partial charge on any atom is -0.493 e. The van der Waals surface area contributed by atoms with Crippen molar-refractivity contribution >= 4 is 5.96 Å². The highest BCUT2D eigenvalue weighted by atomic mass is 19.1. The lowest BCUT2D eigenvalue weighted by atomic mass is 10.1.